The number of esters is 3. The summed E-state index contributed by atoms with van der Waals surface area (Å²) < 4.78 is 25.2. The topological polar surface area (TPSA) is 152 Å². The summed E-state index contributed by atoms with van der Waals surface area (Å²) in [6.45, 7) is -0.345. The number of hydrogen-bond acceptors (Lipinski definition) is 10. The van der Waals surface area contributed by atoms with Gasteiger partial charge in [-0.3, -0.25) is 9.36 Å². The van der Waals surface area contributed by atoms with E-state index in [1.807, 2.05) is 0 Å². The predicted molar refractivity (Wildman–Crippen MR) is 150 cm³/mol. The standard InChI is InChI=1S/C31H24N4O8/c36-27-24-22(16-33-34-27)35(18-32-24)28-26(43-31(39)21-14-8-3-9-15-21)25(42-30(38)20-12-6-2-7-13-20)23(41-28)17-40-29(37)19-10-4-1-5-11-19/h1-16,18,23,25-26,28H,17H2,(H,34,36)/t23-,25-,26-,28-/m1/s1. The fraction of sp³-hybridized carbons (Fsp3) is 0.161. The van der Waals surface area contributed by atoms with Crippen molar-refractivity contribution < 1.29 is 33.3 Å². The monoisotopic (exact) mass is 580 g/mol. The molecular weight excluding hydrogens is 556 g/mol. The van der Waals surface area contributed by atoms with Crippen molar-refractivity contribution in [3.05, 3.63) is 131 Å². The molecule has 1 fully saturated rings. The Morgan fingerprint density at radius 1 is 0.767 bits per heavy atom. The van der Waals surface area contributed by atoms with Crippen LogP contribution in [0, 0.1) is 0 Å². The molecule has 0 amide bonds. The van der Waals surface area contributed by atoms with Crippen molar-refractivity contribution in [1.29, 1.82) is 0 Å². The zero-order valence-corrected chi connectivity index (χ0v) is 22.4. The molecule has 0 unspecified atom stereocenters. The van der Waals surface area contributed by atoms with Crippen molar-refractivity contribution in [2.45, 2.75) is 24.5 Å². The molecule has 0 aliphatic carbocycles. The van der Waals surface area contributed by atoms with Crippen LogP contribution in [-0.4, -0.2) is 62.6 Å². The van der Waals surface area contributed by atoms with E-state index in [1.54, 1.807) is 91.0 Å². The summed E-state index contributed by atoms with van der Waals surface area (Å²) in [5.41, 5.74) is 0.637. The van der Waals surface area contributed by atoms with Gasteiger partial charge in [0.1, 0.15) is 12.7 Å². The average Bonchev–Trinajstić information content (AvgIpc) is 3.63. The van der Waals surface area contributed by atoms with Crippen molar-refractivity contribution in [3.8, 4) is 0 Å². The summed E-state index contributed by atoms with van der Waals surface area (Å²) in [5, 5.41) is 6.17. The maximum atomic E-state index is 13.3. The number of fused-ring (bicyclic) bond motifs is 1. The van der Waals surface area contributed by atoms with E-state index in [1.165, 1.54) is 17.1 Å². The van der Waals surface area contributed by atoms with E-state index >= 15 is 0 Å². The molecule has 3 aromatic carbocycles. The first kappa shape index (κ1) is 27.5. The predicted octanol–water partition coefficient (Wildman–Crippen LogP) is 3.33. The number of carbonyl (C=O) groups excluding carboxylic acids is 3. The van der Waals surface area contributed by atoms with Crippen LogP contribution in [0.5, 0.6) is 0 Å². The van der Waals surface area contributed by atoms with E-state index < -0.39 is 48.0 Å². The summed E-state index contributed by atoms with van der Waals surface area (Å²) in [6, 6.07) is 24.9. The molecule has 12 nitrogen and oxygen atoms in total. The average molecular weight is 581 g/mol. The van der Waals surface area contributed by atoms with E-state index in [2.05, 4.69) is 15.2 Å². The molecule has 2 aromatic heterocycles. The molecule has 12 heteroatoms. The Labute approximate surface area is 243 Å². The molecule has 216 valence electrons. The van der Waals surface area contributed by atoms with Gasteiger partial charge in [0, 0.05) is 0 Å². The van der Waals surface area contributed by atoms with Crippen molar-refractivity contribution >= 4 is 28.9 Å². The Hall–Kier alpha value is -5.62. The summed E-state index contributed by atoms with van der Waals surface area (Å²) in [6.07, 6.45) is -2.00. The van der Waals surface area contributed by atoms with Gasteiger partial charge in [-0.2, -0.15) is 5.10 Å². The Morgan fingerprint density at radius 3 is 1.88 bits per heavy atom. The minimum atomic E-state index is -1.25. The number of aromatic amines is 1. The Morgan fingerprint density at radius 2 is 1.30 bits per heavy atom. The van der Waals surface area contributed by atoms with Crippen LogP contribution in [0.15, 0.2) is 108 Å². The molecule has 1 N–H and O–H groups in total. The highest BCUT2D eigenvalue weighted by molar-refractivity contribution is 5.91. The molecule has 6 rings (SSSR count). The second kappa shape index (κ2) is 12.1. The Bertz CT molecular complexity index is 1810. The van der Waals surface area contributed by atoms with Gasteiger partial charge >= 0.3 is 17.9 Å². The van der Waals surface area contributed by atoms with Crippen LogP contribution >= 0.6 is 0 Å². The lowest BCUT2D eigenvalue weighted by Crippen LogP contribution is -2.41. The number of imidazole rings is 1. The van der Waals surface area contributed by atoms with Gasteiger partial charge in [-0.15, -0.1) is 0 Å². The van der Waals surface area contributed by atoms with Gasteiger partial charge in [0.15, 0.2) is 24.0 Å². The smallest absolute Gasteiger partial charge is 0.338 e. The number of carbonyl (C=O) groups is 3. The van der Waals surface area contributed by atoms with Gasteiger partial charge in [0.05, 0.1) is 34.7 Å². The van der Waals surface area contributed by atoms with Gasteiger partial charge in [-0.25, -0.2) is 24.5 Å². The third kappa shape index (κ3) is 5.76. The number of ether oxygens (including phenoxy) is 4. The minimum Gasteiger partial charge on any atom is -0.459 e. The zero-order chi connectivity index (χ0) is 29.8. The van der Waals surface area contributed by atoms with Crippen LogP contribution in [0.25, 0.3) is 11.0 Å². The lowest BCUT2D eigenvalue weighted by atomic mass is 10.1. The second-order valence-electron chi connectivity index (χ2n) is 9.59. The molecule has 43 heavy (non-hydrogen) atoms. The van der Waals surface area contributed by atoms with Crippen LogP contribution in [0.2, 0.25) is 0 Å². The van der Waals surface area contributed by atoms with E-state index in [-0.39, 0.29) is 28.8 Å². The third-order valence-corrected chi connectivity index (χ3v) is 6.85. The third-order valence-electron chi connectivity index (χ3n) is 6.85. The largest absolute Gasteiger partial charge is 0.459 e. The molecule has 1 aliphatic rings. The van der Waals surface area contributed by atoms with Crippen LogP contribution in [0.1, 0.15) is 37.3 Å². The van der Waals surface area contributed by atoms with E-state index in [0.29, 0.717) is 5.56 Å². The van der Waals surface area contributed by atoms with Gasteiger partial charge in [0.2, 0.25) is 0 Å². The van der Waals surface area contributed by atoms with E-state index in [0.717, 1.165) is 0 Å². The molecule has 4 atom stereocenters. The SMILES string of the molecule is O=C(OC[C@H]1O[C@@H](n2cnc3c(=O)[nH]ncc32)[C@H](OC(=O)c2ccccc2)[C@@H]1OC(=O)c1ccccc1)c1ccccc1. The summed E-state index contributed by atoms with van der Waals surface area (Å²) in [4.78, 5) is 55.9. The lowest BCUT2D eigenvalue weighted by molar-refractivity contribution is -0.0604. The van der Waals surface area contributed by atoms with Gasteiger partial charge in [0.25, 0.3) is 5.56 Å². The van der Waals surface area contributed by atoms with Crippen molar-refractivity contribution in [1.82, 2.24) is 19.7 Å². The molecule has 0 bridgehead atoms. The van der Waals surface area contributed by atoms with Crippen LogP contribution < -0.4 is 5.56 Å². The summed E-state index contributed by atoms with van der Waals surface area (Å²) in [7, 11) is 0. The number of nitrogens with one attached hydrogen (secondary N) is 1. The normalized spacial score (nSPS) is 19.5. The first-order chi connectivity index (χ1) is 21.0. The van der Waals surface area contributed by atoms with Gasteiger partial charge in [-0.05, 0) is 36.4 Å². The summed E-state index contributed by atoms with van der Waals surface area (Å²) in [5.74, 6) is -2.03. The maximum Gasteiger partial charge on any atom is 0.338 e. The van der Waals surface area contributed by atoms with Crippen LogP contribution in [-0.2, 0) is 18.9 Å². The Balaban J connectivity index is 1.37. The number of hydrogen-bond donors (Lipinski definition) is 1. The maximum absolute atomic E-state index is 13.3. The highest BCUT2D eigenvalue weighted by Gasteiger charge is 2.51. The number of H-pyrrole nitrogens is 1. The number of benzene rings is 3. The number of rotatable bonds is 8. The number of aromatic nitrogens is 4. The Kier molecular flexibility index (Phi) is 7.74. The molecule has 0 radical (unpaired) electrons. The van der Waals surface area contributed by atoms with Crippen molar-refractivity contribution in [2.24, 2.45) is 0 Å². The van der Waals surface area contributed by atoms with Gasteiger partial charge < -0.3 is 18.9 Å². The van der Waals surface area contributed by atoms with Crippen LogP contribution in [0.3, 0.4) is 0 Å². The zero-order valence-electron chi connectivity index (χ0n) is 22.4. The minimum absolute atomic E-state index is 0.0727. The molecule has 1 saturated heterocycles. The fourth-order valence-corrected chi connectivity index (χ4v) is 4.76. The van der Waals surface area contributed by atoms with Crippen molar-refractivity contribution in [2.75, 3.05) is 6.61 Å². The second-order valence-corrected chi connectivity index (χ2v) is 9.59. The van der Waals surface area contributed by atoms with Crippen LogP contribution in [0.4, 0.5) is 0 Å². The first-order valence-electron chi connectivity index (χ1n) is 13.3. The first-order valence-corrected chi connectivity index (χ1v) is 13.3. The summed E-state index contributed by atoms with van der Waals surface area (Å²) >= 11 is 0. The quantitative estimate of drug-likeness (QED) is 0.214. The number of nitrogens with zero attached hydrogens (tertiary/aromatic N) is 3. The van der Waals surface area contributed by atoms with E-state index in [9.17, 15) is 19.2 Å². The van der Waals surface area contributed by atoms with Crippen molar-refractivity contribution in [3.63, 3.8) is 0 Å². The lowest BCUT2D eigenvalue weighted by Gasteiger charge is -2.25. The molecule has 3 heterocycles. The highest BCUT2D eigenvalue weighted by atomic mass is 16.7. The van der Waals surface area contributed by atoms with E-state index in [4.69, 9.17) is 18.9 Å². The molecule has 0 saturated carbocycles. The fourth-order valence-electron chi connectivity index (χ4n) is 4.76. The molecule has 5 aromatic rings. The molecule has 1 aliphatic heterocycles. The highest BCUT2D eigenvalue weighted by Crippen LogP contribution is 2.36. The molecular formula is C31H24N4O8. The van der Waals surface area contributed by atoms with Gasteiger partial charge in [-0.1, -0.05) is 54.6 Å². The molecule has 0 spiro atoms.